The fourth-order valence-electron chi connectivity index (χ4n) is 22.2. The van der Waals surface area contributed by atoms with Crippen LogP contribution >= 0.6 is 47.8 Å². The smallest absolute Gasteiger partial charge is 0.276 e. The van der Waals surface area contributed by atoms with E-state index >= 15 is 0 Å². The van der Waals surface area contributed by atoms with Crippen molar-refractivity contribution in [3.8, 4) is 0 Å². The summed E-state index contributed by atoms with van der Waals surface area (Å²) in [6.45, 7) is 11.0. The van der Waals surface area contributed by atoms with Crippen molar-refractivity contribution in [1.82, 2.24) is 94.3 Å². The zero-order valence-electron chi connectivity index (χ0n) is 83.2. The number of Topliss-reactive ketones (excluding diaryl/α,β-unsaturated/α-hetero) is 1. The lowest BCUT2D eigenvalue weighted by Gasteiger charge is -2.35. The van der Waals surface area contributed by atoms with Gasteiger partial charge in [0.1, 0.15) is 146 Å². The van der Waals surface area contributed by atoms with Gasteiger partial charge in [0, 0.05) is 66.2 Å². The molecular formula is C104H123Br3N26O14. The number of nitrogens with zero attached hydrogens (tertiary/aromatic N) is 13. The molecule has 9 aliphatic carbocycles. The third-order valence-electron chi connectivity index (χ3n) is 29.8. The number of nitrogens with two attached hydrogens (primary N) is 3. The summed E-state index contributed by atoms with van der Waals surface area (Å²) in [6, 6.07) is 17.2. The van der Waals surface area contributed by atoms with E-state index in [-0.39, 0.29) is 80.4 Å². The van der Waals surface area contributed by atoms with Crippen LogP contribution in [-0.4, -0.2) is 115 Å². The number of fused-ring (bicyclic) bond motifs is 10. The number of hydrogen-bond acceptors (Lipinski definition) is 27. The molecular weight excluding hydrogens is 2080 g/mol. The maximum Gasteiger partial charge on any atom is 0.276 e. The second-order valence-corrected chi connectivity index (χ2v) is 43.3. The van der Waals surface area contributed by atoms with Gasteiger partial charge in [0.2, 0.25) is 5.91 Å². The molecule has 0 atom stereocenters. The maximum atomic E-state index is 13.3. The third-order valence-corrected chi connectivity index (χ3v) is 31.5. The number of pyridine rings is 6. The van der Waals surface area contributed by atoms with Gasteiger partial charge in [0.05, 0.1) is 13.4 Å². The van der Waals surface area contributed by atoms with Crippen LogP contribution in [0, 0.1) is 47.5 Å². The summed E-state index contributed by atoms with van der Waals surface area (Å²) in [5.41, 5.74) is 23.0. The number of carbonyl (C=O) groups is 8. The van der Waals surface area contributed by atoms with Crippen molar-refractivity contribution in [1.29, 1.82) is 0 Å². The van der Waals surface area contributed by atoms with Gasteiger partial charge in [-0.1, -0.05) is 38.5 Å². The number of amides is 7. The highest BCUT2D eigenvalue weighted by Gasteiger charge is 2.51. The third kappa shape index (κ3) is 22.5. The number of hydrogen-bond donors (Lipinski definition) is 13. The lowest BCUT2D eigenvalue weighted by Crippen LogP contribution is -2.48. The number of aromatic amines is 1. The summed E-state index contributed by atoms with van der Waals surface area (Å²) in [7, 11) is 0. The van der Waals surface area contributed by atoms with E-state index in [9.17, 15) is 67.1 Å². The quantitative estimate of drug-likeness (QED) is 0.0572. The van der Waals surface area contributed by atoms with Gasteiger partial charge in [-0.3, -0.25) is 90.0 Å². The molecule has 5 aliphatic heterocycles. The van der Waals surface area contributed by atoms with Crippen LogP contribution in [0.1, 0.15) is 351 Å². The Kier molecular flexibility index (Phi) is 31.2. The average molecular weight is 2200 g/mol. The molecule has 0 saturated heterocycles. The number of anilines is 9. The van der Waals surface area contributed by atoms with Crippen molar-refractivity contribution in [3.63, 3.8) is 0 Å². The highest BCUT2D eigenvalue weighted by molar-refractivity contribution is 9.11. The molecule has 15 heterocycles. The number of ketones is 1. The Hall–Kier alpha value is -13.6. The van der Waals surface area contributed by atoms with Gasteiger partial charge >= 0.3 is 0 Å². The molecule has 16 N–H and O–H groups in total. The highest BCUT2D eigenvalue weighted by Crippen LogP contribution is 2.46. The van der Waals surface area contributed by atoms with E-state index < -0.39 is 34.2 Å². The molecule has 9 fully saturated rings. The lowest BCUT2D eigenvalue weighted by atomic mass is 9.89. The van der Waals surface area contributed by atoms with Crippen molar-refractivity contribution in [2.45, 2.75) is 313 Å². The average Bonchev–Trinajstić information content (AvgIpc) is 1.59. The zero-order valence-corrected chi connectivity index (χ0v) is 87.9. The number of primary amides is 1. The van der Waals surface area contributed by atoms with Crippen molar-refractivity contribution < 1.29 is 38.4 Å². The number of carbonyl (C=O) groups excluding carboxylic acids is 8. The van der Waals surface area contributed by atoms with Gasteiger partial charge < -0.3 is 70.0 Å². The van der Waals surface area contributed by atoms with Crippen LogP contribution in [0.3, 0.4) is 0 Å². The molecule has 0 radical (unpaired) electrons. The summed E-state index contributed by atoms with van der Waals surface area (Å²) in [5.74, 6) is 3.24. The Labute approximate surface area is 871 Å². The van der Waals surface area contributed by atoms with Gasteiger partial charge in [-0.15, -0.1) is 0 Å². The minimum Gasteiger partial charge on any atom is -0.384 e. The molecule has 774 valence electrons. The van der Waals surface area contributed by atoms with Crippen LogP contribution in [-0.2, 0) is 37.9 Å². The first-order valence-corrected chi connectivity index (χ1v) is 53.2. The number of H-pyrrole nitrogens is 1. The van der Waals surface area contributed by atoms with E-state index in [0.29, 0.717) is 117 Å². The van der Waals surface area contributed by atoms with Gasteiger partial charge in [-0.25, -0.2) is 39.9 Å². The molecule has 14 aliphatic rings. The molecule has 43 heteroatoms. The molecule has 40 nitrogen and oxygen atoms in total. The number of aromatic nitrogens is 14. The fourth-order valence-corrected chi connectivity index (χ4v) is 23.7. The molecule has 0 unspecified atom stereocenters. The number of nitrogen functional groups attached to an aromatic ring is 2. The molecule has 147 heavy (non-hydrogen) atoms. The SMILES string of the molecule is Cc1cc(Br)c(=O)[nH]c1C(N)=O.Cc1cc(Br)c(=O)n2c1C(=O)NC21CCCCC1.Cc1cc(Br)c(=O)n2c1C(=O)NC21CCCCC1.Cc1cc(Nc2cc(C3CC3)ncn2)c(=O)n2c1C(=O)NC21CCCCC1.Cc1cc(Nc2cc(C3CC3)ncn2)c(=O)n2c1C(=O)NC21CCCCC1.Cc1cc(Nc2cc(N)ncn2)c(=O)n2c1C(=O)NC21CCCCC1.Nc1cc(NC(=O)C2CC2)ncn1.O=C1CCCCC1. The molecule has 10 aromatic heterocycles. The normalized spacial score (nSPS) is 18.9. The Morgan fingerprint density at radius 1 is 0.333 bits per heavy atom. The molecule has 0 bridgehead atoms. The van der Waals surface area contributed by atoms with E-state index in [1.54, 1.807) is 90.9 Å². The Morgan fingerprint density at radius 2 is 0.612 bits per heavy atom. The van der Waals surface area contributed by atoms with Crippen LogP contribution < -0.4 is 98.4 Å². The zero-order chi connectivity index (χ0) is 104. The highest BCUT2D eigenvalue weighted by atomic mass is 79.9. The first-order chi connectivity index (χ1) is 70.4. The molecule has 7 amide bonds. The minimum absolute atomic E-state index is 0.0260. The molecule has 0 aromatic carbocycles. The van der Waals surface area contributed by atoms with Crippen molar-refractivity contribution in [3.05, 3.63) is 240 Å². The Morgan fingerprint density at radius 3 is 0.905 bits per heavy atom. The Balaban J connectivity index is 0.000000118. The maximum absolute atomic E-state index is 13.3. The van der Waals surface area contributed by atoms with Crippen molar-refractivity contribution in [2.75, 3.05) is 32.7 Å². The summed E-state index contributed by atoms with van der Waals surface area (Å²) in [6.07, 6.45) is 41.7. The first-order valence-electron chi connectivity index (χ1n) is 50.8. The van der Waals surface area contributed by atoms with Crippen LogP contribution in [0.5, 0.6) is 0 Å². The van der Waals surface area contributed by atoms with Crippen LogP contribution in [0.2, 0.25) is 0 Å². The standard InChI is InChI=1S/2C20H23N5O2.C17H20N6O2.2C13H15BrN2O2.C8H10N4O.C7H7BrN2O2.C6H10O/c2*1-12-9-15(23-16-10-14(13-5-6-13)21-11-22-16)19(27)25-17(12)18(26)24-20(25)7-3-2-4-8-20;1-10-7-11(21-13-8-12(18)19-9-20-13)16(25)23-14(10)15(24)22-17(23)5-3-2-4-6-17;2*1-8-7-9(14)12(18)16-10(8)11(17)15-13(16)5-3-2-4-6-13;9-6-3-7(11-4-10-6)12-8(13)5-1-2-5;1-3-2-4(8)7(12)10-5(3)6(9)11;7-6-4-2-1-3-5-6/h2*9-11,13H,2-8H2,1H3,(H,24,26)(H,21,22,23);7-9H,2-6H2,1H3,(H,22,24)(H3,18,19,20,21);2*7H,2-6H2,1H3,(H,15,17);3-5H,1-2H2,(H3,9,10,11,12,13);2H,1H3,(H2,9,11)(H,10,12);1-5H2. The summed E-state index contributed by atoms with van der Waals surface area (Å²) in [5, 5.41) is 27.4. The number of aryl methyl sites for hydroxylation is 6. The predicted molar refractivity (Wildman–Crippen MR) is 563 cm³/mol. The lowest BCUT2D eigenvalue weighted by molar-refractivity contribution is -0.120. The first kappa shape index (κ1) is 105. The largest absolute Gasteiger partial charge is 0.384 e. The number of rotatable bonds is 11. The van der Waals surface area contributed by atoms with Crippen LogP contribution in [0.25, 0.3) is 0 Å². The topological polar surface area (TPSA) is 569 Å². The summed E-state index contributed by atoms with van der Waals surface area (Å²) in [4.78, 5) is 205. The number of halogens is 3. The van der Waals surface area contributed by atoms with E-state index in [2.05, 4.69) is 140 Å². The monoisotopic (exact) mass is 2200 g/mol. The van der Waals surface area contributed by atoms with E-state index in [1.807, 2.05) is 46.8 Å². The van der Waals surface area contributed by atoms with Crippen LogP contribution in [0.4, 0.5) is 52.0 Å². The second-order valence-electron chi connectivity index (χ2n) is 40.7. The Bertz CT molecular complexity index is 7000. The molecule has 24 rings (SSSR count). The summed E-state index contributed by atoms with van der Waals surface area (Å²) < 4.78 is 9.89. The van der Waals surface area contributed by atoms with Gasteiger partial charge in [0.15, 0.2) is 0 Å². The van der Waals surface area contributed by atoms with E-state index in [4.69, 9.17) is 17.2 Å². The number of nitrogens with one attached hydrogen (secondary N) is 10. The molecule has 10 aromatic rings. The van der Waals surface area contributed by atoms with Gasteiger partial charge in [0.25, 0.3) is 68.8 Å². The van der Waals surface area contributed by atoms with Gasteiger partial charge in [-0.05, 0) is 339 Å². The van der Waals surface area contributed by atoms with Crippen molar-refractivity contribution in [2.24, 2.45) is 11.7 Å². The molecule has 5 spiro atoms. The minimum atomic E-state index is -0.628. The molecule has 9 saturated carbocycles. The van der Waals surface area contributed by atoms with E-state index in [0.717, 1.165) is 251 Å². The second kappa shape index (κ2) is 43.8. The van der Waals surface area contributed by atoms with Crippen LogP contribution in [0.15, 0.2) is 128 Å². The van der Waals surface area contributed by atoms with Gasteiger partial charge in [-0.2, -0.15) is 0 Å². The van der Waals surface area contributed by atoms with E-state index in [1.165, 1.54) is 31.9 Å². The fraction of sp³-hybridized carbons (Fsp3) is 0.481. The summed E-state index contributed by atoms with van der Waals surface area (Å²) >= 11 is 9.63. The predicted octanol–water partition coefficient (Wildman–Crippen LogP) is 14.5. The van der Waals surface area contributed by atoms with Crippen molar-refractivity contribution >= 4 is 147 Å².